The van der Waals surface area contributed by atoms with Crippen molar-refractivity contribution in [1.82, 2.24) is 14.8 Å². The van der Waals surface area contributed by atoms with Gasteiger partial charge in [0.2, 0.25) is 5.95 Å². The number of hydrogen-bond donors (Lipinski definition) is 1. The summed E-state index contributed by atoms with van der Waals surface area (Å²) in [4.78, 5) is 17.3. The number of ether oxygens (including phenoxy) is 1. The van der Waals surface area contributed by atoms with Gasteiger partial charge < -0.3 is 10.1 Å². The molecule has 0 bridgehead atoms. The minimum absolute atomic E-state index is 0.0133. The summed E-state index contributed by atoms with van der Waals surface area (Å²) in [7, 11) is 0. The second-order valence-corrected chi connectivity index (χ2v) is 7.19. The second-order valence-electron chi connectivity index (χ2n) is 6.78. The number of aromatic nitrogens is 3. The van der Waals surface area contributed by atoms with Gasteiger partial charge in [0.25, 0.3) is 0 Å². The van der Waals surface area contributed by atoms with Crippen molar-refractivity contribution >= 4 is 23.5 Å². The van der Waals surface area contributed by atoms with E-state index in [1.807, 2.05) is 31.2 Å². The van der Waals surface area contributed by atoms with Gasteiger partial charge in [-0.1, -0.05) is 36.2 Å². The van der Waals surface area contributed by atoms with Crippen LogP contribution in [-0.4, -0.2) is 26.8 Å². The standard InChI is InChI=1S/C19H21ClN4O2/c1-12-16(18(25)26-13-7-3-2-4-8-13)17(14-9-5-6-10-15(14)20)24-19(23-12)21-11-22-24/h5-6,9-11,13,17H,2-4,7-8H2,1H3,(H,21,22,23). The van der Waals surface area contributed by atoms with Gasteiger partial charge in [0.1, 0.15) is 18.5 Å². The van der Waals surface area contributed by atoms with E-state index in [1.54, 1.807) is 4.68 Å². The van der Waals surface area contributed by atoms with Crippen LogP contribution < -0.4 is 5.32 Å². The molecule has 136 valence electrons. The summed E-state index contributed by atoms with van der Waals surface area (Å²) in [6.07, 6.45) is 6.73. The quantitative estimate of drug-likeness (QED) is 0.821. The summed E-state index contributed by atoms with van der Waals surface area (Å²) in [5.74, 6) is 0.273. The molecule has 1 aromatic carbocycles. The molecule has 1 aliphatic heterocycles. The number of anilines is 1. The molecule has 4 rings (SSSR count). The maximum atomic E-state index is 13.1. The molecule has 1 fully saturated rings. The predicted octanol–water partition coefficient (Wildman–Crippen LogP) is 4.10. The molecule has 26 heavy (non-hydrogen) atoms. The van der Waals surface area contributed by atoms with E-state index in [4.69, 9.17) is 16.3 Å². The fraction of sp³-hybridized carbons (Fsp3) is 0.421. The molecule has 1 saturated carbocycles. The Bertz CT molecular complexity index is 855. The second kappa shape index (κ2) is 7.11. The fourth-order valence-electron chi connectivity index (χ4n) is 3.74. The molecule has 0 radical (unpaired) electrons. The first-order valence-corrected chi connectivity index (χ1v) is 9.35. The van der Waals surface area contributed by atoms with Crippen LogP contribution in [0.3, 0.4) is 0 Å². The molecular weight excluding hydrogens is 352 g/mol. The molecule has 2 aromatic rings. The van der Waals surface area contributed by atoms with E-state index in [2.05, 4.69) is 15.4 Å². The molecule has 2 aliphatic rings. The molecule has 1 N–H and O–H groups in total. The number of carbonyl (C=O) groups is 1. The summed E-state index contributed by atoms with van der Waals surface area (Å²) in [6.45, 7) is 1.86. The zero-order valence-electron chi connectivity index (χ0n) is 14.6. The number of esters is 1. The third kappa shape index (κ3) is 3.09. The number of fused-ring (bicyclic) bond motifs is 1. The van der Waals surface area contributed by atoms with Crippen molar-refractivity contribution in [3.63, 3.8) is 0 Å². The Kier molecular flexibility index (Phi) is 4.68. The Morgan fingerprint density at radius 3 is 2.81 bits per heavy atom. The molecular formula is C19H21ClN4O2. The van der Waals surface area contributed by atoms with Gasteiger partial charge in [-0.2, -0.15) is 10.1 Å². The number of hydrogen-bond acceptors (Lipinski definition) is 5. The Balaban J connectivity index is 1.72. The highest BCUT2D eigenvalue weighted by Gasteiger charge is 2.36. The lowest BCUT2D eigenvalue weighted by Gasteiger charge is -2.30. The number of halogens is 1. The van der Waals surface area contributed by atoms with Crippen molar-refractivity contribution in [3.05, 3.63) is 52.4 Å². The van der Waals surface area contributed by atoms with Crippen molar-refractivity contribution in [2.45, 2.75) is 51.2 Å². The molecule has 2 heterocycles. The number of nitrogens with one attached hydrogen (secondary N) is 1. The lowest BCUT2D eigenvalue weighted by atomic mass is 9.95. The molecule has 0 spiro atoms. The van der Waals surface area contributed by atoms with Gasteiger partial charge in [0, 0.05) is 16.3 Å². The SMILES string of the molecule is CC1=C(C(=O)OC2CCCCC2)C(c2ccccc2Cl)n2ncnc2N1. The van der Waals surface area contributed by atoms with Gasteiger partial charge in [0.15, 0.2) is 0 Å². The van der Waals surface area contributed by atoms with Gasteiger partial charge in [-0.3, -0.25) is 0 Å². The third-order valence-corrected chi connectivity index (χ3v) is 5.38. The first-order chi connectivity index (χ1) is 12.6. The molecule has 1 aliphatic carbocycles. The number of carbonyl (C=O) groups excluding carboxylic acids is 1. The van der Waals surface area contributed by atoms with Crippen LogP contribution in [0.1, 0.15) is 50.6 Å². The Morgan fingerprint density at radius 2 is 2.04 bits per heavy atom. The van der Waals surface area contributed by atoms with Crippen molar-refractivity contribution in [2.75, 3.05) is 5.32 Å². The third-order valence-electron chi connectivity index (χ3n) is 5.04. The van der Waals surface area contributed by atoms with E-state index < -0.39 is 6.04 Å². The first kappa shape index (κ1) is 17.1. The largest absolute Gasteiger partial charge is 0.459 e. The predicted molar refractivity (Wildman–Crippen MR) is 98.9 cm³/mol. The highest BCUT2D eigenvalue weighted by atomic mass is 35.5. The number of allylic oxidation sites excluding steroid dienone is 1. The monoisotopic (exact) mass is 372 g/mol. The maximum Gasteiger partial charge on any atom is 0.338 e. The smallest absolute Gasteiger partial charge is 0.338 e. The van der Waals surface area contributed by atoms with Crippen LogP contribution in [0.5, 0.6) is 0 Å². The summed E-state index contributed by atoms with van der Waals surface area (Å²) in [6, 6.07) is 7.03. The van der Waals surface area contributed by atoms with E-state index in [0.717, 1.165) is 36.9 Å². The summed E-state index contributed by atoms with van der Waals surface area (Å²) in [5.41, 5.74) is 2.05. The molecule has 1 aromatic heterocycles. The molecule has 1 atom stereocenters. The van der Waals surface area contributed by atoms with Crippen LogP contribution in [0.15, 0.2) is 41.9 Å². The average molecular weight is 373 g/mol. The zero-order chi connectivity index (χ0) is 18.1. The van der Waals surface area contributed by atoms with E-state index in [-0.39, 0.29) is 12.1 Å². The highest BCUT2D eigenvalue weighted by molar-refractivity contribution is 6.31. The van der Waals surface area contributed by atoms with E-state index in [0.29, 0.717) is 16.5 Å². The van der Waals surface area contributed by atoms with Crippen LogP contribution in [0.4, 0.5) is 5.95 Å². The Morgan fingerprint density at radius 1 is 1.27 bits per heavy atom. The van der Waals surface area contributed by atoms with Gasteiger partial charge in [-0.15, -0.1) is 0 Å². The van der Waals surface area contributed by atoms with E-state index in [9.17, 15) is 4.79 Å². The Hall–Kier alpha value is -2.34. The average Bonchev–Trinajstić information content (AvgIpc) is 3.10. The molecule has 0 amide bonds. The zero-order valence-corrected chi connectivity index (χ0v) is 15.4. The van der Waals surface area contributed by atoms with E-state index >= 15 is 0 Å². The van der Waals surface area contributed by atoms with Crippen molar-refractivity contribution in [1.29, 1.82) is 0 Å². The maximum absolute atomic E-state index is 13.1. The lowest BCUT2D eigenvalue weighted by Crippen LogP contribution is -2.32. The summed E-state index contributed by atoms with van der Waals surface area (Å²) < 4.78 is 7.53. The van der Waals surface area contributed by atoms with Gasteiger partial charge in [-0.25, -0.2) is 9.48 Å². The molecule has 0 saturated heterocycles. The lowest BCUT2D eigenvalue weighted by molar-refractivity contribution is -0.146. The summed E-state index contributed by atoms with van der Waals surface area (Å²) in [5, 5.41) is 8.04. The summed E-state index contributed by atoms with van der Waals surface area (Å²) >= 11 is 6.44. The fourth-order valence-corrected chi connectivity index (χ4v) is 3.98. The molecule has 7 heteroatoms. The van der Waals surface area contributed by atoms with Crippen molar-refractivity contribution < 1.29 is 9.53 Å². The van der Waals surface area contributed by atoms with Crippen molar-refractivity contribution in [3.8, 4) is 0 Å². The van der Waals surface area contributed by atoms with Crippen LogP contribution in [0.2, 0.25) is 5.02 Å². The molecule has 1 unspecified atom stereocenters. The minimum atomic E-state index is -0.460. The first-order valence-electron chi connectivity index (χ1n) is 8.98. The number of benzene rings is 1. The number of rotatable bonds is 3. The van der Waals surface area contributed by atoms with Gasteiger partial charge in [-0.05, 0) is 38.7 Å². The van der Waals surface area contributed by atoms with Crippen molar-refractivity contribution in [2.24, 2.45) is 0 Å². The van der Waals surface area contributed by atoms with Crippen LogP contribution in [0, 0.1) is 0 Å². The highest BCUT2D eigenvalue weighted by Crippen LogP contribution is 2.38. The van der Waals surface area contributed by atoms with Crippen LogP contribution in [-0.2, 0) is 9.53 Å². The minimum Gasteiger partial charge on any atom is -0.459 e. The number of nitrogens with zero attached hydrogens (tertiary/aromatic N) is 3. The van der Waals surface area contributed by atoms with Crippen LogP contribution in [0.25, 0.3) is 0 Å². The van der Waals surface area contributed by atoms with E-state index in [1.165, 1.54) is 12.7 Å². The Labute approximate surface area is 157 Å². The van der Waals surface area contributed by atoms with Gasteiger partial charge in [0.05, 0.1) is 5.57 Å². The normalized spacial score (nSPS) is 20.5. The van der Waals surface area contributed by atoms with Crippen LogP contribution >= 0.6 is 11.6 Å². The molecule has 6 nitrogen and oxygen atoms in total. The van der Waals surface area contributed by atoms with Gasteiger partial charge >= 0.3 is 5.97 Å². The topological polar surface area (TPSA) is 69.0 Å².